The molecule has 0 spiro atoms. The van der Waals surface area contributed by atoms with Crippen molar-refractivity contribution >= 4 is 23.0 Å². The molecule has 1 amide bonds. The number of fused-ring (bicyclic) bond motifs is 1. The molecule has 27 heavy (non-hydrogen) atoms. The predicted octanol–water partition coefficient (Wildman–Crippen LogP) is 4.22. The number of carbonyl (C=O) groups is 1. The summed E-state index contributed by atoms with van der Waals surface area (Å²) in [5.74, 6) is -0.488. The lowest BCUT2D eigenvalue weighted by Gasteiger charge is -2.04. The lowest BCUT2D eigenvalue weighted by Crippen LogP contribution is -2.17. The van der Waals surface area contributed by atoms with E-state index in [1.54, 1.807) is 48.2 Å². The van der Waals surface area contributed by atoms with Crippen molar-refractivity contribution in [3.05, 3.63) is 77.3 Å². The molecule has 2 aromatic carbocycles. The number of nitrogens with zero attached hydrogens (tertiary/aromatic N) is 3. The molecular weight excluding hydrogens is 367 g/mol. The van der Waals surface area contributed by atoms with Crippen LogP contribution in [-0.4, -0.2) is 27.6 Å². The summed E-state index contributed by atoms with van der Waals surface area (Å²) in [4.78, 5) is 16.3. The van der Waals surface area contributed by atoms with Gasteiger partial charge in [0.15, 0.2) is 0 Å². The summed E-state index contributed by atoms with van der Waals surface area (Å²) in [6.45, 7) is 0. The first-order valence-corrected chi connectivity index (χ1v) is 8.57. The molecule has 0 saturated heterocycles. The molecule has 0 saturated carbocycles. The Kier molecular flexibility index (Phi) is 4.33. The highest BCUT2D eigenvalue weighted by atomic mass is 35.5. The maximum absolute atomic E-state index is 13.2. The minimum absolute atomic E-state index is 0.168. The van der Waals surface area contributed by atoms with Gasteiger partial charge in [-0.25, -0.2) is 13.9 Å². The Hall–Kier alpha value is -3.25. The van der Waals surface area contributed by atoms with Gasteiger partial charge in [0, 0.05) is 23.7 Å². The van der Waals surface area contributed by atoms with E-state index < -0.39 is 0 Å². The summed E-state index contributed by atoms with van der Waals surface area (Å²) in [6, 6.07) is 15.0. The number of aromatic nitrogens is 3. The number of halogens is 2. The number of amides is 1. The van der Waals surface area contributed by atoms with Gasteiger partial charge in [0.1, 0.15) is 17.8 Å². The summed E-state index contributed by atoms with van der Waals surface area (Å²) in [7, 11) is 1.59. The molecule has 0 aliphatic rings. The second-order valence-corrected chi connectivity index (χ2v) is 6.31. The van der Waals surface area contributed by atoms with E-state index in [2.05, 4.69) is 15.4 Å². The third kappa shape index (κ3) is 3.15. The quantitative estimate of drug-likeness (QED) is 0.579. The van der Waals surface area contributed by atoms with Crippen molar-refractivity contribution < 1.29 is 9.18 Å². The van der Waals surface area contributed by atoms with Crippen molar-refractivity contribution in [1.29, 1.82) is 0 Å². The zero-order valence-electron chi connectivity index (χ0n) is 14.3. The van der Waals surface area contributed by atoms with E-state index in [9.17, 15) is 9.18 Å². The topological polar surface area (TPSA) is 59.3 Å². The van der Waals surface area contributed by atoms with Crippen LogP contribution in [0.25, 0.3) is 28.0 Å². The number of hydrogen-bond donors (Lipinski definition) is 1. The van der Waals surface area contributed by atoms with Crippen molar-refractivity contribution in [2.45, 2.75) is 0 Å². The molecule has 0 aliphatic heterocycles. The summed E-state index contributed by atoms with van der Waals surface area (Å²) in [6.07, 6.45) is 1.57. The minimum Gasteiger partial charge on any atom is -0.355 e. The van der Waals surface area contributed by atoms with Crippen LogP contribution in [0.3, 0.4) is 0 Å². The van der Waals surface area contributed by atoms with Crippen LogP contribution in [0.2, 0.25) is 5.02 Å². The van der Waals surface area contributed by atoms with Gasteiger partial charge in [-0.2, -0.15) is 5.10 Å². The van der Waals surface area contributed by atoms with E-state index in [4.69, 9.17) is 11.6 Å². The van der Waals surface area contributed by atoms with Crippen LogP contribution in [-0.2, 0) is 0 Å². The van der Waals surface area contributed by atoms with E-state index >= 15 is 0 Å². The van der Waals surface area contributed by atoms with Crippen molar-refractivity contribution in [1.82, 2.24) is 19.9 Å². The molecule has 0 bridgehead atoms. The second-order valence-electron chi connectivity index (χ2n) is 5.93. The number of carbonyl (C=O) groups excluding carboxylic acids is 1. The summed E-state index contributed by atoms with van der Waals surface area (Å²) in [5.41, 5.74) is 3.94. The minimum atomic E-state index is -0.321. The zero-order chi connectivity index (χ0) is 19.0. The molecule has 0 radical (unpaired) electrons. The van der Waals surface area contributed by atoms with Gasteiger partial charge in [-0.3, -0.25) is 4.79 Å². The Balaban J connectivity index is 1.80. The molecule has 134 valence electrons. The van der Waals surface area contributed by atoms with Gasteiger partial charge >= 0.3 is 0 Å². The third-order valence-electron chi connectivity index (χ3n) is 4.23. The van der Waals surface area contributed by atoms with Gasteiger partial charge in [-0.15, -0.1) is 0 Å². The molecule has 0 aliphatic carbocycles. The zero-order valence-corrected chi connectivity index (χ0v) is 15.0. The Morgan fingerprint density at radius 2 is 1.89 bits per heavy atom. The van der Waals surface area contributed by atoms with Crippen LogP contribution in [0.1, 0.15) is 10.4 Å². The molecule has 4 rings (SSSR count). The monoisotopic (exact) mass is 380 g/mol. The number of rotatable bonds is 3. The van der Waals surface area contributed by atoms with E-state index in [-0.39, 0.29) is 11.7 Å². The van der Waals surface area contributed by atoms with Crippen LogP contribution in [0.4, 0.5) is 4.39 Å². The van der Waals surface area contributed by atoms with Crippen LogP contribution in [0.15, 0.2) is 60.9 Å². The fourth-order valence-corrected chi connectivity index (χ4v) is 3.13. The van der Waals surface area contributed by atoms with Gasteiger partial charge in [-0.1, -0.05) is 23.7 Å². The Bertz CT molecular complexity index is 1150. The molecule has 1 N–H and O–H groups in total. The van der Waals surface area contributed by atoms with Crippen LogP contribution < -0.4 is 5.32 Å². The van der Waals surface area contributed by atoms with Crippen molar-refractivity contribution in [3.8, 4) is 22.5 Å². The highest BCUT2D eigenvalue weighted by Crippen LogP contribution is 2.32. The van der Waals surface area contributed by atoms with Crippen molar-refractivity contribution in [2.75, 3.05) is 7.05 Å². The molecule has 0 atom stereocenters. The van der Waals surface area contributed by atoms with Gasteiger partial charge in [0.05, 0.1) is 16.2 Å². The molecule has 4 aromatic rings. The Labute approximate surface area is 159 Å². The molecule has 7 heteroatoms. The average molecular weight is 381 g/mol. The fraction of sp³-hybridized carbons (Fsp3) is 0.0500. The first-order chi connectivity index (χ1) is 13.1. The molecule has 2 heterocycles. The number of nitrogens with one attached hydrogen (secondary N) is 1. The maximum Gasteiger partial charge on any atom is 0.251 e. The standard InChI is InChI=1S/C20H14ClFN4O/c1-23-20(27)14-4-2-3-13(9-14)16-10-17-18(21)19(25-26(17)11-24-16)12-5-7-15(22)8-6-12/h2-11H,1H3,(H,23,27). The van der Waals surface area contributed by atoms with E-state index in [1.807, 2.05) is 12.1 Å². The summed E-state index contributed by atoms with van der Waals surface area (Å²) in [5, 5.41) is 7.50. The van der Waals surface area contributed by atoms with Crippen molar-refractivity contribution in [3.63, 3.8) is 0 Å². The average Bonchev–Trinajstić information content (AvgIpc) is 3.04. The molecular formula is C20H14ClFN4O. The Morgan fingerprint density at radius 3 is 2.63 bits per heavy atom. The van der Waals surface area contributed by atoms with E-state index in [0.29, 0.717) is 33.1 Å². The van der Waals surface area contributed by atoms with Crippen LogP contribution in [0.5, 0.6) is 0 Å². The van der Waals surface area contributed by atoms with Gasteiger partial charge in [0.2, 0.25) is 0 Å². The van der Waals surface area contributed by atoms with Gasteiger partial charge < -0.3 is 5.32 Å². The van der Waals surface area contributed by atoms with Gasteiger partial charge in [0.25, 0.3) is 5.91 Å². The van der Waals surface area contributed by atoms with Crippen LogP contribution >= 0.6 is 11.6 Å². The van der Waals surface area contributed by atoms with E-state index in [0.717, 1.165) is 5.56 Å². The summed E-state index contributed by atoms with van der Waals surface area (Å²) < 4.78 is 14.7. The number of hydrogen-bond acceptors (Lipinski definition) is 3. The molecule has 0 fully saturated rings. The predicted molar refractivity (Wildman–Crippen MR) is 102 cm³/mol. The van der Waals surface area contributed by atoms with Crippen LogP contribution in [0, 0.1) is 5.82 Å². The normalized spacial score (nSPS) is 10.9. The number of benzene rings is 2. The SMILES string of the molecule is CNC(=O)c1cccc(-c2cc3c(Cl)c(-c4ccc(F)cc4)nn3cn2)c1. The van der Waals surface area contributed by atoms with Gasteiger partial charge in [-0.05, 0) is 42.5 Å². The summed E-state index contributed by atoms with van der Waals surface area (Å²) >= 11 is 6.53. The lowest BCUT2D eigenvalue weighted by molar-refractivity contribution is 0.0963. The fourth-order valence-electron chi connectivity index (χ4n) is 2.84. The maximum atomic E-state index is 13.2. The third-order valence-corrected chi connectivity index (χ3v) is 4.60. The largest absolute Gasteiger partial charge is 0.355 e. The van der Waals surface area contributed by atoms with Crippen molar-refractivity contribution in [2.24, 2.45) is 0 Å². The molecule has 0 unspecified atom stereocenters. The Morgan fingerprint density at radius 1 is 1.11 bits per heavy atom. The lowest BCUT2D eigenvalue weighted by atomic mass is 10.1. The second kappa shape index (κ2) is 6.81. The first-order valence-electron chi connectivity index (χ1n) is 8.19. The highest BCUT2D eigenvalue weighted by molar-refractivity contribution is 6.36. The smallest absolute Gasteiger partial charge is 0.251 e. The first kappa shape index (κ1) is 17.2. The molecule has 5 nitrogen and oxygen atoms in total. The van der Waals surface area contributed by atoms with E-state index in [1.165, 1.54) is 12.1 Å². The highest BCUT2D eigenvalue weighted by Gasteiger charge is 2.15. The molecule has 2 aromatic heterocycles.